The van der Waals surface area contributed by atoms with E-state index in [1.165, 1.54) is 12.1 Å². The molecule has 2 aromatic rings. The number of unbranched alkanes of at least 4 members (excludes halogenated alkanes) is 1. The molecule has 144 valence electrons. The summed E-state index contributed by atoms with van der Waals surface area (Å²) in [5.74, 6) is -0.544. The van der Waals surface area contributed by atoms with Crippen LogP contribution in [0.2, 0.25) is 5.02 Å². The lowest BCUT2D eigenvalue weighted by Crippen LogP contribution is -2.30. The van der Waals surface area contributed by atoms with Crippen molar-refractivity contribution in [2.75, 3.05) is 0 Å². The first-order valence-electron chi connectivity index (χ1n) is 9.17. The highest BCUT2D eigenvalue weighted by Gasteiger charge is 2.32. The highest BCUT2D eigenvalue weighted by Crippen LogP contribution is 2.35. The van der Waals surface area contributed by atoms with Crippen molar-refractivity contribution in [2.45, 2.75) is 51.0 Å². The highest BCUT2D eigenvalue weighted by atomic mass is 35.5. The molecule has 2 heterocycles. The molecule has 0 bridgehead atoms. The molecule has 3 atom stereocenters. The monoisotopic (exact) mass is 390 g/mol. The zero-order chi connectivity index (χ0) is 19.4. The van der Waals surface area contributed by atoms with Gasteiger partial charge in [0.25, 0.3) is 0 Å². The van der Waals surface area contributed by atoms with Gasteiger partial charge in [0.05, 0.1) is 11.1 Å². The summed E-state index contributed by atoms with van der Waals surface area (Å²) in [6.45, 7) is 6.23. The van der Waals surface area contributed by atoms with E-state index in [0.29, 0.717) is 12.0 Å². The third-order valence-corrected chi connectivity index (χ3v) is 5.08. The molecule has 4 nitrogen and oxygen atoms in total. The van der Waals surface area contributed by atoms with Crippen LogP contribution in [0.1, 0.15) is 50.5 Å². The molecule has 1 fully saturated rings. The van der Waals surface area contributed by atoms with Crippen LogP contribution < -0.4 is 10.6 Å². The Morgan fingerprint density at radius 3 is 3.00 bits per heavy atom. The molecule has 0 saturated carbocycles. The second-order valence-corrected chi connectivity index (χ2v) is 7.11. The molecule has 1 aromatic heterocycles. The van der Waals surface area contributed by atoms with Gasteiger partial charge in [0.2, 0.25) is 0 Å². The number of ether oxygens (including phenoxy) is 1. The number of aromatic nitrogens is 1. The van der Waals surface area contributed by atoms with Crippen molar-refractivity contribution in [3.8, 4) is 0 Å². The van der Waals surface area contributed by atoms with E-state index in [0.717, 1.165) is 29.8 Å². The van der Waals surface area contributed by atoms with E-state index in [4.69, 9.17) is 16.3 Å². The minimum Gasteiger partial charge on any atom is -0.386 e. The van der Waals surface area contributed by atoms with Gasteiger partial charge in [0.15, 0.2) is 0 Å². The summed E-state index contributed by atoms with van der Waals surface area (Å²) in [6, 6.07) is 6.28. The van der Waals surface area contributed by atoms with E-state index < -0.39 is 18.0 Å². The molecule has 3 rings (SSSR count). The Bertz CT molecular complexity index is 925. The summed E-state index contributed by atoms with van der Waals surface area (Å²) in [7, 11) is 0. The Hall–Kier alpha value is -1.95. The van der Waals surface area contributed by atoms with E-state index in [1.54, 1.807) is 12.3 Å². The average Bonchev–Trinajstić information content (AvgIpc) is 3.27. The standard InChI is InChI=1S/C21H24ClFN2O2/c1-3-4-10-24-13-16-9-11-25(14(16)2)20-8-7-19(27-20)21(26)15-5-6-17(22)18(23)12-15/h5-6,9-13,19-21,26H,2-4,7-8H2,1H3/b16-13-,24-10?. The van der Waals surface area contributed by atoms with Gasteiger partial charge in [-0.15, -0.1) is 0 Å². The summed E-state index contributed by atoms with van der Waals surface area (Å²) in [5.41, 5.74) is 0.462. The minimum absolute atomic E-state index is 0.0376. The summed E-state index contributed by atoms with van der Waals surface area (Å²) < 4.78 is 21.7. The molecule has 1 saturated heterocycles. The second-order valence-electron chi connectivity index (χ2n) is 6.70. The molecule has 1 aliphatic rings. The molecular weight excluding hydrogens is 367 g/mol. The van der Waals surface area contributed by atoms with Crippen molar-refractivity contribution in [2.24, 2.45) is 4.99 Å². The van der Waals surface area contributed by atoms with Crippen LogP contribution in [0.5, 0.6) is 0 Å². The van der Waals surface area contributed by atoms with Gasteiger partial charge in [-0.3, -0.25) is 4.99 Å². The zero-order valence-corrected chi connectivity index (χ0v) is 16.1. The lowest BCUT2D eigenvalue weighted by atomic mass is 10.0. The predicted molar refractivity (Wildman–Crippen MR) is 107 cm³/mol. The molecule has 0 amide bonds. The van der Waals surface area contributed by atoms with Gasteiger partial charge in [-0.25, -0.2) is 4.39 Å². The summed E-state index contributed by atoms with van der Waals surface area (Å²) in [5, 5.41) is 12.4. The van der Waals surface area contributed by atoms with Crippen molar-refractivity contribution < 1.29 is 14.2 Å². The first kappa shape index (κ1) is 19.8. The molecule has 6 heteroatoms. The Morgan fingerprint density at radius 1 is 1.44 bits per heavy atom. The maximum Gasteiger partial charge on any atom is 0.142 e. The van der Waals surface area contributed by atoms with Crippen LogP contribution in [0.25, 0.3) is 12.8 Å². The first-order chi connectivity index (χ1) is 13.0. The fourth-order valence-corrected chi connectivity index (χ4v) is 3.33. The average molecular weight is 391 g/mol. The Kier molecular flexibility index (Phi) is 6.47. The van der Waals surface area contributed by atoms with Crippen molar-refractivity contribution in [3.63, 3.8) is 0 Å². The van der Waals surface area contributed by atoms with Crippen LogP contribution in [-0.2, 0) is 4.74 Å². The topological polar surface area (TPSA) is 46.8 Å². The number of halogens is 2. The lowest BCUT2D eigenvalue weighted by molar-refractivity contribution is -0.0612. The Morgan fingerprint density at radius 2 is 2.26 bits per heavy atom. The number of aliphatic hydroxyl groups excluding tert-OH is 1. The van der Waals surface area contributed by atoms with Crippen molar-refractivity contribution >= 4 is 30.6 Å². The molecule has 0 aliphatic carbocycles. The smallest absolute Gasteiger partial charge is 0.142 e. The lowest BCUT2D eigenvalue weighted by Gasteiger charge is -2.20. The predicted octanol–water partition coefficient (Wildman–Crippen LogP) is 3.71. The number of rotatable bonds is 6. The van der Waals surface area contributed by atoms with Gasteiger partial charge < -0.3 is 14.4 Å². The van der Waals surface area contributed by atoms with Crippen LogP contribution in [0, 0.1) is 5.82 Å². The maximum atomic E-state index is 13.7. The number of benzene rings is 1. The quantitative estimate of drug-likeness (QED) is 0.764. The third kappa shape index (κ3) is 4.49. The fourth-order valence-electron chi connectivity index (χ4n) is 3.21. The molecule has 1 aliphatic heterocycles. The normalized spacial score (nSPS) is 22.0. The summed E-state index contributed by atoms with van der Waals surface area (Å²) in [4.78, 5) is 4.30. The van der Waals surface area contributed by atoms with Crippen LogP contribution in [0.15, 0.2) is 35.5 Å². The fraction of sp³-hybridized carbons (Fsp3) is 0.381. The number of hydrogen-bond acceptors (Lipinski definition) is 3. The van der Waals surface area contributed by atoms with E-state index in [1.807, 2.05) is 23.0 Å². The third-order valence-electron chi connectivity index (χ3n) is 4.77. The minimum atomic E-state index is -0.907. The second kappa shape index (κ2) is 8.83. The number of hydrogen-bond donors (Lipinski definition) is 1. The van der Waals surface area contributed by atoms with Crippen LogP contribution >= 0.6 is 11.6 Å². The Labute approximate surface area is 163 Å². The van der Waals surface area contributed by atoms with Gasteiger partial charge in [0.1, 0.15) is 18.1 Å². The van der Waals surface area contributed by atoms with Crippen molar-refractivity contribution in [3.05, 3.63) is 57.4 Å². The molecule has 0 spiro atoms. The van der Waals surface area contributed by atoms with Crippen LogP contribution in [-0.4, -0.2) is 22.0 Å². The molecule has 1 aromatic carbocycles. The Balaban J connectivity index is 1.71. The summed E-state index contributed by atoms with van der Waals surface area (Å²) >= 11 is 5.71. The van der Waals surface area contributed by atoms with Crippen LogP contribution in [0.3, 0.4) is 0 Å². The largest absolute Gasteiger partial charge is 0.386 e. The van der Waals surface area contributed by atoms with Gasteiger partial charge >= 0.3 is 0 Å². The maximum absolute atomic E-state index is 13.7. The number of aliphatic hydroxyl groups is 1. The van der Waals surface area contributed by atoms with Gasteiger partial charge in [-0.1, -0.05) is 37.6 Å². The van der Waals surface area contributed by atoms with Gasteiger partial charge in [-0.05, 0) is 43.0 Å². The molecule has 27 heavy (non-hydrogen) atoms. The van der Waals surface area contributed by atoms with E-state index in [9.17, 15) is 9.50 Å². The van der Waals surface area contributed by atoms with E-state index >= 15 is 0 Å². The van der Waals surface area contributed by atoms with Gasteiger partial charge in [0, 0.05) is 29.2 Å². The highest BCUT2D eigenvalue weighted by molar-refractivity contribution is 6.30. The van der Waals surface area contributed by atoms with Crippen molar-refractivity contribution in [1.82, 2.24) is 4.57 Å². The van der Waals surface area contributed by atoms with Crippen molar-refractivity contribution in [1.29, 1.82) is 0 Å². The van der Waals surface area contributed by atoms with E-state index in [-0.39, 0.29) is 11.3 Å². The molecule has 3 unspecified atom stereocenters. The molecule has 1 N–H and O–H groups in total. The molecular formula is C21H24ClFN2O2. The van der Waals surface area contributed by atoms with E-state index in [2.05, 4.69) is 18.5 Å². The first-order valence-corrected chi connectivity index (χ1v) is 9.55. The zero-order valence-electron chi connectivity index (χ0n) is 15.3. The number of nitrogens with zero attached hydrogens (tertiary/aromatic N) is 2. The summed E-state index contributed by atoms with van der Waals surface area (Å²) in [6.07, 6.45) is 7.50. The molecule has 0 radical (unpaired) electrons. The number of aliphatic imine (C=N–C) groups is 1. The van der Waals surface area contributed by atoms with Crippen LogP contribution in [0.4, 0.5) is 4.39 Å². The SMILES string of the molecule is C=c1/c(=C\N=CCCC)ccn1C1CCC(C(O)c2ccc(Cl)c(F)c2)O1. The van der Waals surface area contributed by atoms with Gasteiger partial charge in [-0.2, -0.15) is 0 Å².